The molecule has 2 N–H and O–H groups in total. The molecule has 1 atom stereocenters. The van der Waals surface area contributed by atoms with E-state index in [1.54, 1.807) is 0 Å². The number of tetrazole rings is 1. The van der Waals surface area contributed by atoms with Crippen LogP contribution < -0.4 is 10.6 Å². The van der Waals surface area contributed by atoms with Crippen LogP contribution in [0.4, 0.5) is 4.79 Å². The predicted octanol–water partition coefficient (Wildman–Crippen LogP) is 1.74. The molecule has 0 spiro atoms. The highest BCUT2D eigenvalue weighted by Crippen LogP contribution is 2.17. The maximum Gasteiger partial charge on any atom is 0.330 e. The van der Waals surface area contributed by atoms with E-state index in [4.69, 9.17) is 4.74 Å². The van der Waals surface area contributed by atoms with Crippen LogP contribution in [-0.4, -0.2) is 50.3 Å². The topological polar surface area (TPSA) is 128 Å². The summed E-state index contributed by atoms with van der Waals surface area (Å²) in [5, 5.41) is 16.9. The first-order valence-corrected chi connectivity index (χ1v) is 10.1. The van der Waals surface area contributed by atoms with Gasteiger partial charge in [0.15, 0.2) is 12.6 Å². The van der Waals surface area contributed by atoms with Crippen LogP contribution in [0.3, 0.4) is 0 Å². The Morgan fingerprint density at radius 2 is 1.87 bits per heavy atom. The van der Waals surface area contributed by atoms with Crippen molar-refractivity contribution in [2.24, 2.45) is 0 Å². The third-order valence-corrected chi connectivity index (χ3v) is 4.89. The molecule has 10 heteroatoms. The zero-order valence-electron chi connectivity index (χ0n) is 17.1. The monoisotopic (exact) mass is 414 g/mol. The minimum absolute atomic E-state index is 0.0746. The van der Waals surface area contributed by atoms with Gasteiger partial charge in [-0.1, -0.05) is 49.1 Å². The zero-order valence-corrected chi connectivity index (χ0v) is 17.1. The van der Waals surface area contributed by atoms with E-state index in [-0.39, 0.29) is 12.6 Å². The van der Waals surface area contributed by atoms with Gasteiger partial charge in [0.05, 0.1) is 0 Å². The number of carbonyl (C=O) groups is 3. The van der Waals surface area contributed by atoms with Crippen molar-refractivity contribution < 1.29 is 19.1 Å². The average Bonchev–Trinajstić information content (AvgIpc) is 3.17. The van der Waals surface area contributed by atoms with Crippen LogP contribution >= 0.6 is 0 Å². The van der Waals surface area contributed by atoms with Crippen LogP contribution in [0.1, 0.15) is 44.6 Å². The van der Waals surface area contributed by atoms with Gasteiger partial charge in [-0.2, -0.15) is 4.80 Å². The summed E-state index contributed by atoms with van der Waals surface area (Å²) in [6.07, 6.45) is 3.97. The number of aryl methyl sites for hydroxylation is 1. The Morgan fingerprint density at radius 1 is 1.17 bits per heavy atom. The van der Waals surface area contributed by atoms with Crippen LogP contribution in [0, 0.1) is 6.92 Å². The number of imide groups is 1. The average molecular weight is 414 g/mol. The van der Waals surface area contributed by atoms with Crippen LogP contribution in [0.15, 0.2) is 24.3 Å². The molecule has 160 valence electrons. The van der Waals surface area contributed by atoms with E-state index in [0.29, 0.717) is 5.82 Å². The molecule has 0 bridgehead atoms. The summed E-state index contributed by atoms with van der Waals surface area (Å²) in [6.45, 7) is 3.07. The highest BCUT2D eigenvalue weighted by molar-refractivity contribution is 5.97. The third-order valence-electron chi connectivity index (χ3n) is 4.89. The molecule has 1 saturated carbocycles. The van der Waals surface area contributed by atoms with Crippen molar-refractivity contribution in [1.82, 2.24) is 30.8 Å². The lowest BCUT2D eigenvalue weighted by molar-refractivity contribution is -0.155. The number of urea groups is 1. The van der Waals surface area contributed by atoms with Crippen molar-refractivity contribution in [3.8, 4) is 11.4 Å². The second-order valence-corrected chi connectivity index (χ2v) is 7.44. The molecule has 0 aliphatic heterocycles. The number of hydrogen-bond acceptors (Lipinski definition) is 7. The van der Waals surface area contributed by atoms with Crippen LogP contribution in [0.2, 0.25) is 0 Å². The van der Waals surface area contributed by atoms with Gasteiger partial charge in [0.25, 0.3) is 5.91 Å². The molecular formula is C20H26N6O4. The van der Waals surface area contributed by atoms with Gasteiger partial charge in [0, 0.05) is 11.6 Å². The first-order valence-electron chi connectivity index (χ1n) is 10.1. The summed E-state index contributed by atoms with van der Waals surface area (Å²) in [5.41, 5.74) is 1.88. The molecule has 1 aliphatic rings. The van der Waals surface area contributed by atoms with Crippen LogP contribution in [0.5, 0.6) is 0 Å². The molecule has 1 aromatic heterocycles. The Labute approximate surface area is 174 Å². The van der Waals surface area contributed by atoms with E-state index in [0.717, 1.165) is 41.6 Å². The second-order valence-electron chi connectivity index (χ2n) is 7.44. The van der Waals surface area contributed by atoms with Gasteiger partial charge in [-0.05, 0) is 31.9 Å². The molecule has 1 fully saturated rings. The second kappa shape index (κ2) is 9.95. The van der Waals surface area contributed by atoms with E-state index in [9.17, 15) is 14.4 Å². The van der Waals surface area contributed by atoms with Gasteiger partial charge in [-0.15, -0.1) is 10.2 Å². The lowest BCUT2D eigenvalue weighted by Gasteiger charge is -2.23. The fourth-order valence-corrected chi connectivity index (χ4v) is 3.21. The molecule has 2 aromatic rings. The predicted molar refractivity (Wildman–Crippen MR) is 107 cm³/mol. The molecule has 0 saturated heterocycles. The number of rotatable bonds is 6. The van der Waals surface area contributed by atoms with Gasteiger partial charge in [-0.3, -0.25) is 10.1 Å². The molecule has 1 aliphatic carbocycles. The number of amides is 3. The first-order chi connectivity index (χ1) is 14.4. The van der Waals surface area contributed by atoms with Crippen molar-refractivity contribution in [1.29, 1.82) is 0 Å². The van der Waals surface area contributed by atoms with Gasteiger partial charge < -0.3 is 10.1 Å². The number of nitrogens with one attached hydrogen (secondary N) is 2. The van der Waals surface area contributed by atoms with Crippen LogP contribution in [0.25, 0.3) is 11.4 Å². The van der Waals surface area contributed by atoms with E-state index in [1.807, 2.05) is 31.2 Å². The van der Waals surface area contributed by atoms with Gasteiger partial charge in [0.2, 0.25) is 5.82 Å². The standard InChI is InChI=1S/C20H26N6O4/c1-13-8-10-15(11-9-13)18-23-25-26(24-18)12-17(27)30-14(2)19(28)22-20(29)21-16-6-4-3-5-7-16/h8-11,14,16H,3-7,12H2,1-2H3,(H2,21,22,28,29)/t14-/m0/s1. The van der Waals surface area contributed by atoms with Gasteiger partial charge in [-0.25, -0.2) is 9.59 Å². The Bertz CT molecular complexity index is 889. The summed E-state index contributed by atoms with van der Waals surface area (Å²) < 4.78 is 5.08. The number of hydrogen-bond donors (Lipinski definition) is 2. The lowest BCUT2D eigenvalue weighted by atomic mass is 9.96. The van der Waals surface area contributed by atoms with Crippen molar-refractivity contribution >= 4 is 17.9 Å². The molecule has 0 radical (unpaired) electrons. The Hall–Kier alpha value is -3.30. The van der Waals surface area contributed by atoms with Gasteiger partial charge >= 0.3 is 12.0 Å². The summed E-state index contributed by atoms with van der Waals surface area (Å²) >= 11 is 0. The molecule has 30 heavy (non-hydrogen) atoms. The molecular weight excluding hydrogens is 388 g/mol. The van der Waals surface area contributed by atoms with Crippen molar-refractivity contribution in [3.05, 3.63) is 29.8 Å². The fourth-order valence-electron chi connectivity index (χ4n) is 3.21. The highest BCUT2D eigenvalue weighted by atomic mass is 16.5. The molecule has 3 rings (SSSR count). The third kappa shape index (κ3) is 6.10. The molecule has 0 unspecified atom stereocenters. The van der Waals surface area contributed by atoms with Gasteiger partial charge in [0.1, 0.15) is 0 Å². The maximum atomic E-state index is 12.1. The molecule has 1 aromatic carbocycles. The largest absolute Gasteiger partial charge is 0.451 e. The number of esters is 1. The zero-order chi connectivity index (χ0) is 21.5. The molecule has 1 heterocycles. The number of nitrogens with zero attached hydrogens (tertiary/aromatic N) is 4. The summed E-state index contributed by atoms with van der Waals surface area (Å²) in [6, 6.07) is 7.07. The van der Waals surface area contributed by atoms with E-state index < -0.39 is 24.0 Å². The van der Waals surface area contributed by atoms with Crippen molar-refractivity contribution in [2.75, 3.05) is 0 Å². The fraction of sp³-hybridized carbons (Fsp3) is 0.500. The van der Waals surface area contributed by atoms with Crippen molar-refractivity contribution in [3.63, 3.8) is 0 Å². The Morgan fingerprint density at radius 3 is 2.57 bits per heavy atom. The SMILES string of the molecule is Cc1ccc(-c2nnn(CC(=O)O[C@@H](C)C(=O)NC(=O)NC3CCCCC3)n2)cc1. The molecule has 3 amide bonds. The highest BCUT2D eigenvalue weighted by Gasteiger charge is 2.22. The molecule has 10 nitrogen and oxygen atoms in total. The quantitative estimate of drug-likeness (QED) is 0.689. The summed E-state index contributed by atoms with van der Waals surface area (Å²) in [5.74, 6) is -1.02. The number of carbonyl (C=O) groups excluding carboxylic acids is 3. The minimum atomic E-state index is -1.13. The van der Waals surface area contributed by atoms with E-state index in [1.165, 1.54) is 13.3 Å². The number of benzene rings is 1. The Balaban J connectivity index is 1.45. The smallest absolute Gasteiger partial charge is 0.330 e. The van der Waals surface area contributed by atoms with E-state index >= 15 is 0 Å². The summed E-state index contributed by atoms with van der Waals surface area (Å²) in [7, 11) is 0. The lowest BCUT2D eigenvalue weighted by Crippen LogP contribution is -2.48. The number of aromatic nitrogens is 4. The minimum Gasteiger partial charge on any atom is -0.451 e. The van der Waals surface area contributed by atoms with Crippen molar-refractivity contribution in [2.45, 2.75) is 64.6 Å². The Kier molecular flexibility index (Phi) is 7.10. The van der Waals surface area contributed by atoms with Crippen LogP contribution in [-0.2, 0) is 20.9 Å². The number of ether oxygens (including phenoxy) is 1. The first kappa shape index (κ1) is 21.4. The summed E-state index contributed by atoms with van der Waals surface area (Å²) in [4.78, 5) is 37.2. The maximum absolute atomic E-state index is 12.1. The van der Waals surface area contributed by atoms with E-state index in [2.05, 4.69) is 26.0 Å². The normalized spacial score (nSPS) is 15.3.